The molecule has 2 heterocycles. The third-order valence-corrected chi connectivity index (χ3v) is 6.53. The first-order chi connectivity index (χ1) is 15.0. The molecule has 0 radical (unpaired) electrons. The van der Waals surface area contributed by atoms with Gasteiger partial charge >= 0.3 is 0 Å². The lowest BCUT2D eigenvalue weighted by Gasteiger charge is -2.54. The van der Waals surface area contributed by atoms with Gasteiger partial charge in [-0.3, -0.25) is 14.6 Å². The van der Waals surface area contributed by atoms with Crippen LogP contribution in [0.2, 0.25) is 0 Å². The largest absolute Gasteiger partial charge is 0.493 e. The highest BCUT2D eigenvalue weighted by atomic mass is 32.2. The predicted octanol–water partition coefficient (Wildman–Crippen LogP) is 2.65. The Hall–Kier alpha value is -1.68. The van der Waals surface area contributed by atoms with Crippen molar-refractivity contribution in [2.45, 2.75) is 50.7 Å². The van der Waals surface area contributed by atoms with Crippen LogP contribution in [0.5, 0.6) is 5.75 Å². The third kappa shape index (κ3) is 6.19. The number of β-lactam (4-membered cyclic amide) rings is 1. The number of rotatable bonds is 14. The van der Waals surface area contributed by atoms with E-state index in [9.17, 15) is 9.59 Å². The Morgan fingerprint density at radius 2 is 2.13 bits per heavy atom. The minimum absolute atomic E-state index is 0.0166. The molecule has 2 fully saturated rings. The van der Waals surface area contributed by atoms with Crippen LogP contribution in [0.3, 0.4) is 0 Å². The lowest BCUT2D eigenvalue weighted by atomic mass is 9.79. The second kappa shape index (κ2) is 11.3. The highest BCUT2D eigenvalue weighted by molar-refractivity contribution is 8.13. The van der Waals surface area contributed by atoms with Crippen LogP contribution in [-0.4, -0.2) is 72.7 Å². The Morgan fingerprint density at radius 3 is 2.81 bits per heavy atom. The van der Waals surface area contributed by atoms with Crippen molar-refractivity contribution in [1.82, 2.24) is 9.88 Å². The summed E-state index contributed by atoms with van der Waals surface area (Å²) in [4.78, 5) is 30.7. The normalized spacial score (nSPS) is 23.0. The van der Waals surface area contributed by atoms with Crippen LogP contribution >= 0.6 is 11.8 Å². The number of carbonyl (C=O) groups excluding carboxylic acids is 2. The van der Waals surface area contributed by atoms with Crippen molar-refractivity contribution in [2.75, 3.05) is 40.1 Å². The second-order valence-corrected chi connectivity index (χ2v) is 9.24. The van der Waals surface area contributed by atoms with Crippen molar-refractivity contribution >= 4 is 22.8 Å². The summed E-state index contributed by atoms with van der Waals surface area (Å²) in [6.07, 6.45) is 6.90. The fourth-order valence-corrected chi connectivity index (χ4v) is 4.71. The molecule has 1 aromatic heterocycles. The summed E-state index contributed by atoms with van der Waals surface area (Å²) in [6, 6.07) is 3.34. The summed E-state index contributed by atoms with van der Waals surface area (Å²) in [6.45, 7) is 2.28. The SMILES string of the molecule is COCO[C@@]1(Cc2cc(OCCCC3CC3)ccn2)C(=O)N(COC)[C@H]1CSC(C)=O. The van der Waals surface area contributed by atoms with Crippen LogP contribution in [0, 0.1) is 5.92 Å². The van der Waals surface area contributed by atoms with Gasteiger partial charge in [0.1, 0.15) is 19.3 Å². The molecule has 1 aromatic rings. The van der Waals surface area contributed by atoms with Crippen LogP contribution in [0.4, 0.5) is 0 Å². The fraction of sp³-hybridized carbons (Fsp3) is 0.682. The second-order valence-electron chi connectivity index (χ2n) is 8.05. The van der Waals surface area contributed by atoms with E-state index in [2.05, 4.69) is 4.98 Å². The molecule has 1 aliphatic heterocycles. The Kier molecular flexibility index (Phi) is 8.71. The number of aromatic nitrogens is 1. The van der Waals surface area contributed by atoms with E-state index in [4.69, 9.17) is 18.9 Å². The van der Waals surface area contributed by atoms with Crippen molar-refractivity contribution in [3.63, 3.8) is 0 Å². The van der Waals surface area contributed by atoms with Gasteiger partial charge in [0.25, 0.3) is 5.91 Å². The maximum absolute atomic E-state index is 13.1. The van der Waals surface area contributed by atoms with Crippen molar-refractivity contribution in [2.24, 2.45) is 5.92 Å². The zero-order chi connectivity index (χ0) is 22.3. The predicted molar refractivity (Wildman–Crippen MR) is 117 cm³/mol. The number of ether oxygens (including phenoxy) is 4. The van der Waals surface area contributed by atoms with E-state index in [1.807, 2.05) is 12.1 Å². The Labute approximate surface area is 188 Å². The summed E-state index contributed by atoms with van der Waals surface area (Å²) in [7, 11) is 3.04. The number of thioether (sulfide) groups is 1. The first kappa shape index (κ1) is 24.0. The lowest BCUT2D eigenvalue weighted by molar-refractivity contribution is -0.229. The number of likely N-dealkylation sites (tertiary alicyclic amines) is 1. The molecule has 0 unspecified atom stereocenters. The molecule has 0 bridgehead atoms. The molecule has 172 valence electrons. The van der Waals surface area contributed by atoms with Crippen molar-refractivity contribution in [3.05, 3.63) is 24.0 Å². The Balaban J connectivity index is 1.71. The average Bonchev–Trinajstić information content (AvgIpc) is 3.58. The molecule has 3 rings (SSSR count). The molecule has 1 saturated carbocycles. The van der Waals surface area contributed by atoms with Crippen LogP contribution in [0.25, 0.3) is 0 Å². The minimum Gasteiger partial charge on any atom is -0.493 e. The quantitative estimate of drug-likeness (QED) is 0.242. The lowest BCUT2D eigenvalue weighted by Crippen LogP contribution is -2.77. The van der Waals surface area contributed by atoms with E-state index in [1.54, 1.807) is 11.1 Å². The molecule has 1 amide bonds. The number of nitrogens with zero attached hydrogens (tertiary/aromatic N) is 2. The molecule has 2 aliphatic rings. The molecule has 0 aromatic carbocycles. The number of carbonyl (C=O) groups is 2. The number of pyridine rings is 1. The number of amides is 1. The van der Waals surface area contributed by atoms with Gasteiger partial charge in [-0.25, -0.2) is 0 Å². The minimum atomic E-state index is -1.16. The molecule has 2 atom stereocenters. The first-order valence-corrected chi connectivity index (χ1v) is 11.6. The van der Waals surface area contributed by atoms with Gasteiger partial charge in [0.15, 0.2) is 10.7 Å². The first-order valence-electron chi connectivity index (χ1n) is 10.6. The van der Waals surface area contributed by atoms with Crippen LogP contribution in [-0.2, 0) is 30.2 Å². The molecular weight excluding hydrogens is 420 g/mol. The van der Waals surface area contributed by atoms with E-state index in [1.165, 1.54) is 40.4 Å². The number of hydrogen-bond donors (Lipinski definition) is 0. The standard InChI is InChI=1S/C22H32N2O6S/c1-16(25)31-13-20-22(30-15-28-3,21(26)24(20)14-27-2)12-18-11-19(8-9-23-18)29-10-4-5-17-6-7-17/h8-9,11,17,20H,4-7,10,12-15H2,1-3H3/t20-,22+/m0/s1. The Morgan fingerprint density at radius 1 is 1.32 bits per heavy atom. The number of methoxy groups -OCH3 is 2. The summed E-state index contributed by atoms with van der Waals surface area (Å²) < 4.78 is 22.1. The van der Waals surface area contributed by atoms with Gasteiger partial charge in [-0.15, -0.1) is 0 Å². The van der Waals surface area contributed by atoms with Gasteiger partial charge < -0.3 is 23.8 Å². The molecule has 9 heteroatoms. The maximum atomic E-state index is 13.1. The monoisotopic (exact) mass is 452 g/mol. The summed E-state index contributed by atoms with van der Waals surface area (Å²) in [5.41, 5.74) is -0.465. The van der Waals surface area contributed by atoms with Crippen molar-refractivity contribution < 1.29 is 28.5 Å². The van der Waals surface area contributed by atoms with E-state index in [0.717, 1.165) is 29.9 Å². The van der Waals surface area contributed by atoms with E-state index < -0.39 is 5.60 Å². The van der Waals surface area contributed by atoms with Crippen molar-refractivity contribution in [3.8, 4) is 5.75 Å². The Bertz CT molecular complexity index is 759. The maximum Gasteiger partial charge on any atom is 0.259 e. The topological polar surface area (TPSA) is 87.2 Å². The highest BCUT2D eigenvalue weighted by Gasteiger charge is 2.62. The van der Waals surface area contributed by atoms with E-state index in [0.29, 0.717) is 18.1 Å². The van der Waals surface area contributed by atoms with E-state index in [-0.39, 0.29) is 37.0 Å². The molecule has 1 aliphatic carbocycles. The summed E-state index contributed by atoms with van der Waals surface area (Å²) >= 11 is 1.16. The third-order valence-electron chi connectivity index (χ3n) is 5.64. The fourth-order valence-electron chi connectivity index (χ4n) is 3.87. The summed E-state index contributed by atoms with van der Waals surface area (Å²) in [5.74, 6) is 1.83. The highest BCUT2D eigenvalue weighted by Crippen LogP contribution is 2.39. The molecular formula is C22H32N2O6S. The van der Waals surface area contributed by atoms with Crippen LogP contribution in [0.1, 0.15) is 38.3 Å². The van der Waals surface area contributed by atoms with Crippen LogP contribution in [0.15, 0.2) is 18.3 Å². The van der Waals surface area contributed by atoms with Gasteiger partial charge in [0, 0.05) is 51.3 Å². The molecule has 31 heavy (non-hydrogen) atoms. The van der Waals surface area contributed by atoms with E-state index >= 15 is 0 Å². The smallest absolute Gasteiger partial charge is 0.259 e. The van der Waals surface area contributed by atoms with Crippen molar-refractivity contribution in [1.29, 1.82) is 0 Å². The van der Waals surface area contributed by atoms with Gasteiger partial charge in [-0.2, -0.15) is 0 Å². The molecule has 0 N–H and O–H groups in total. The number of hydrogen-bond acceptors (Lipinski definition) is 8. The molecule has 8 nitrogen and oxygen atoms in total. The van der Waals surface area contributed by atoms with Gasteiger partial charge in [-0.05, 0) is 24.8 Å². The zero-order valence-electron chi connectivity index (χ0n) is 18.5. The van der Waals surface area contributed by atoms with Gasteiger partial charge in [0.2, 0.25) is 0 Å². The average molecular weight is 453 g/mol. The summed E-state index contributed by atoms with van der Waals surface area (Å²) in [5, 5.41) is -0.0166. The molecule has 0 spiro atoms. The zero-order valence-corrected chi connectivity index (χ0v) is 19.3. The van der Waals surface area contributed by atoms with Gasteiger partial charge in [0.05, 0.1) is 12.6 Å². The molecule has 1 saturated heterocycles. The van der Waals surface area contributed by atoms with Crippen LogP contribution < -0.4 is 4.74 Å². The van der Waals surface area contributed by atoms with Gasteiger partial charge in [-0.1, -0.05) is 24.6 Å².